The van der Waals surface area contributed by atoms with E-state index in [9.17, 15) is 18.0 Å². The number of amides is 1. The van der Waals surface area contributed by atoms with Crippen LogP contribution in [0.5, 0.6) is 0 Å². The van der Waals surface area contributed by atoms with E-state index in [4.69, 9.17) is 21.8 Å². The van der Waals surface area contributed by atoms with Crippen molar-refractivity contribution in [1.82, 2.24) is 0 Å². The predicted octanol–water partition coefficient (Wildman–Crippen LogP) is 5.18. The number of nitrogens with zero attached hydrogens (tertiary/aromatic N) is 1. The second-order valence-electron chi connectivity index (χ2n) is 4.77. The van der Waals surface area contributed by atoms with E-state index in [0.29, 0.717) is 10.7 Å². The fourth-order valence-corrected chi connectivity index (χ4v) is 2.89. The molecule has 0 radical (unpaired) electrons. The van der Waals surface area contributed by atoms with E-state index in [1.165, 1.54) is 18.2 Å². The van der Waals surface area contributed by atoms with Gasteiger partial charge in [-0.05, 0) is 48.2 Å². The summed E-state index contributed by atoms with van der Waals surface area (Å²) in [7, 11) is 0. The monoisotopic (exact) mass is 372 g/mol. The highest BCUT2D eigenvalue weighted by atomic mass is 35.5. The van der Waals surface area contributed by atoms with Gasteiger partial charge in [0.25, 0.3) is 0 Å². The van der Waals surface area contributed by atoms with E-state index >= 15 is 0 Å². The first-order chi connectivity index (χ1) is 11.2. The molecule has 3 rings (SSSR count). The number of rotatable bonds is 2. The number of amidine groups is 1. The number of carbonyl (C=O) groups excluding carboxylic acids is 1. The number of alkyl halides is 3. The van der Waals surface area contributed by atoms with Crippen molar-refractivity contribution in [3.05, 3.63) is 51.6 Å². The molecule has 0 saturated carbocycles. The zero-order valence-electron chi connectivity index (χ0n) is 11.7. The molecule has 1 aliphatic rings. The quantitative estimate of drug-likeness (QED) is 0.788. The first-order valence-electron chi connectivity index (χ1n) is 6.49. The van der Waals surface area contributed by atoms with Crippen LogP contribution in [0.15, 0.2) is 44.6 Å². The number of hydrogen-bond acceptors (Lipinski definition) is 4. The van der Waals surface area contributed by atoms with Gasteiger partial charge in [0.1, 0.15) is 17.4 Å². The lowest BCUT2D eigenvalue weighted by Gasteiger charge is -2.09. The smallest absolute Gasteiger partial charge is 0.416 e. The normalized spacial score (nSPS) is 16.8. The van der Waals surface area contributed by atoms with Gasteiger partial charge in [-0.1, -0.05) is 11.6 Å². The molecule has 0 aliphatic carbocycles. The number of hydrogen-bond donors (Lipinski definition) is 1. The van der Waals surface area contributed by atoms with Crippen molar-refractivity contribution in [2.24, 2.45) is 10.7 Å². The van der Waals surface area contributed by atoms with Gasteiger partial charge in [0, 0.05) is 5.56 Å². The predicted molar refractivity (Wildman–Crippen MR) is 86.7 cm³/mol. The third kappa shape index (κ3) is 3.34. The molecule has 4 nitrogen and oxygen atoms in total. The maximum Gasteiger partial charge on any atom is 0.416 e. The zero-order valence-corrected chi connectivity index (χ0v) is 13.3. The van der Waals surface area contributed by atoms with Gasteiger partial charge in [-0.15, -0.1) is 0 Å². The number of nitrogens with two attached hydrogens (primary N) is 1. The highest BCUT2D eigenvalue weighted by Crippen LogP contribution is 2.37. The average Bonchev–Trinajstić information content (AvgIpc) is 3.05. The van der Waals surface area contributed by atoms with Gasteiger partial charge in [0.15, 0.2) is 0 Å². The van der Waals surface area contributed by atoms with Crippen LogP contribution < -0.4 is 5.73 Å². The van der Waals surface area contributed by atoms with E-state index < -0.39 is 17.0 Å². The minimum atomic E-state index is -4.48. The topological polar surface area (TPSA) is 68.6 Å². The highest BCUT2D eigenvalue weighted by molar-refractivity contribution is 8.18. The summed E-state index contributed by atoms with van der Waals surface area (Å²) >= 11 is 6.81. The molecule has 0 bridgehead atoms. The van der Waals surface area contributed by atoms with E-state index in [-0.39, 0.29) is 22.2 Å². The fourth-order valence-electron chi connectivity index (χ4n) is 2.02. The van der Waals surface area contributed by atoms with Crippen molar-refractivity contribution in [3.63, 3.8) is 0 Å². The van der Waals surface area contributed by atoms with Crippen LogP contribution >= 0.6 is 23.4 Å². The molecule has 2 N–H and O–H groups in total. The minimum absolute atomic E-state index is 0.0695. The minimum Gasteiger partial charge on any atom is -0.457 e. The summed E-state index contributed by atoms with van der Waals surface area (Å²) in [5.41, 5.74) is 4.87. The SMILES string of the molecule is NC1=NC(=O)SC1=Cc1ccc(-c2cc(C(F)(F)F)ccc2Cl)o1. The Morgan fingerprint density at radius 2 is 2.00 bits per heavy atom. The molecule has 0 atom stereocenters. The second kappa shape index (κ2) is 6.03. The average molecular weight is 373 g/mol. The van der Waals surface area contributed by atoms with Crippen LogP contribution in [0.2, 0.25) is 5.02 Å². The molecule has 0 spiro atoms. The Hall–Kier alpha value is -2.19. The Bertz CT molecular complexity index is 887. The number of aliphatic imine (C=N–C) groups is 1. The summed E-state index contributed by atoms with van der Waals surface area (Å²) in [6.07, 6.45) is -3.00. The number of thioether (sulfide) groups is 1. The zero-order chi connectivity index (χ0) is 17.5. The van der Waals surface area contributed by atoms with Crippen LogP contribution in [0, 0.1) is 0 Å². The molecular formula is C15H8ClF3N2O2S. The molecule has 1 aromatic carbocycles. The lowest BCUT2D eigenvalue weighted by Crippen LogP contribution is -2.08. The lowest BCUT2D eigenvalue weighted by molar-refractivity contribution is -0.137. The molecule has 1 amide bonds. The first-order valence-corrected chi connectivity index (χ1v) is 7.68. The molecule has 1 aromatic heterocycles. The Morgan fingerprint density at radius 1 is 1.25 bits per heavy atom. The first kappa shape index (κ1) is 16.7. The van der Waals surface area contributed by atoms with Crippen LogP contribution in [0.25, 0.3) is 17.4 Å². The fraction of sp³-hybridized carbons (Fsp3) is 0.0667. The third-order valence-corrected chi connectivity index (χ3v) is 4.26. The van der Waals surface area contributed by atoms with Crippen LogP contribution in [-0.4, -0.2) is 11.1 Å². The van der Waals surface area contributed by atoms with E-state index in [1.54, 1.807) is 0 Å². The Kier molecular flexibility index (Phi) is 4.18. The number of halogens is 4. The summed E-state index contributed by atoms with van der Waals surface area (Å²) in [5, 5.41) is -0.311. The number of carbonyl (C=O) groups is 1. The van der Waals surface area contributed by atoms with Gasteiger partial charge in [-0.25, -0.2) is 0 Å². The summed E-state index contributed by atoms with van der Waals surface area (Å²) in [6, 6.07) is 6.01. The Labute approximate surface area is 143 Å². The molecular weight excluding hydrogens is 365 g/mol. The van der Waals surface area contributed by atoms with Crippen molar-refractivity contribution in [1.29, 1.82) is 0 Å². The standard InChI is InChI=1S/C15H8ClF3N2O2S/c16-10-3-1-7(15(17,18)19)5-9(10)11-4-2-8(23-11)6-12-13(20)21-14(22)24-12/h1-6H,(H2,20,21,22). The molecule has 1 aliphatic heterocycles. The van der Waals surface area contributed by atoms with E-state index in [0.717, 1.165) is 30.0 Å². The van der Waals surface area contributed by atoms with Crippen molar-refractivity contribution in [3.8, 4) is 11.3 Å². The van der Waals surface area contributed by atoms with Gasteiger partial charge in [-0.2, -0.15) is 18.2 Å². The van der Waals surface area contributed by atoms with Crippen LogP contribution in [0.1, 0.15) is 11.3 Å². The molecule has 0 unspecified atom stereocenters. The maximum atomic E-state index is 12.8. The maximum absolute atomic E-state index is 12.8. The Morgan fingerprint density at radius 3 is 2.62 bits per heavy atom. The molecule has 24 heavy (non-hydrogen) atoms. The van der Waals surface area contributed by atoms with Gasteiger partial charge < -0.3 is 10.2 Å². The van der Waals surface area contributed by atoms with Gasteiger partial charge in [0.2, 0.25) is 0 Å². The number of benzene rings is 1. The van der Waals surface area contributed by atoms with E-state index in [2.05, 4.69) is 4.99 Å². The lowest BCUT2D eigenvalue weighted by atomic mass is 10.1. The highest BCUT2D eigenvalue weighted by Gasteiger charge is 2.31. The largest absolute Gasteiger partial charge is 0.457 e. The summed E-state index contributed by atoms with van der Waals surface area (Å²) in [4.78, 5) is 15.1. The van der Waals surface area contributed by atoms with Gasteiger partial charge in [0.05, 0.1) is 15.5 Å². The molecule has 0 fully saturated rings. The van der Waals surface area contributed by atoms with Crippen molar-refractivity contribution in [2.75, 3.05) is 0 Å². The molecule has 9 heteroatoms. The van der Waals surface area contributed by atoms with Crippen molar-refractivity contribution < 1.29 is 22.4 Å². The summed E-state index contributed by atoms with van der Waals surface area (Å²) < 4.78 is 44.0. The third-order valence-electron chi connectivity index (χ3n) is 3.12. The number of furan rings is 1. The summed E-state index contributed by atoms with van der Waals surface area (Å²) in [5.74, 6) is 0.552. The molecule has 0 saturated heterocycles. The van der Waals surface area contributed by atoms with Crippen LogP contribution in [-0.2, 0) is 6.18 Å². The van der Waals surface area contributed by atoms with Gasteiger partial charge >= 0.3 is 11.4 Å². The summed E-state index contributed by atoms with van der Waals surface area (Å²) in [6.45, 7) is 0. The van der Waals surface area contributed by atoms with Crippen LogP contribution in [0.3, 0.4) is 0 Å². The van der Waals surface area contributed by atoms with Crippen LogP contribution in [0.4, 0.5) is 18.0 Å². The van der Waals surface area contributed by atoms with Crippen molar-refractivity contribution >= 4 is 40.5 Å². The van der Waals surface area contributed by atoms with Gasteiger partial charge in [-0.3, -0.25) is 4.79 Å². The Balaban J connectivity index is 1.96. The molecule has 124 valence electrons. The second-order valence-corrected chi connectivity index (χ2v) is 6.17. The molecule has 2 aromatic rings. The van der Waals surface area contributed by atoms with Crippen molar-refractivity contribution in [2.45, 2.75) is 6.18 Å². The van der Waals surface area contributed by atoms with E-state index in [1.807, 2.05) is 0 Å². The molecule has 2 heterocycles.